The van der Waals surface area contributed by atoms with E-state index in [1.54, 1.807) is 32.0 Å². The molecule has 1 aromatic carbocycles. The number of carbonyl (C=O) groups excluding carboxylic acids is 1. The highest BCUT2D eigenvalue weighted by Crippen LogP contribution is 2.39. The first-order chi connectivity index (χ1) is 11.8. The highest BCUT2D eigenvalue weighted by atomic mass is 35.5. The number of esters is 1. The van der Waals surface area contributed by atoms with Crippen LogP contribution in [0, 0.1) is 13.8 Å². The van der Waals surface area contributed by atoms with Crippen LogP contribution < -0.4 is 0 Å². The van der Waals surface area contributed by atoms with Crippen molar-refractivity contribution in [2.24, 2.45) is 0 Å². The van der Waals surface area contributed by atoms with Crippen LogP contribution in [0.2, 0.25) is 10.0 Å². The Labute approximate surface area is 155 Å². The molecule has 2 aromatic rings. The number of aryl methyl sites for hydroxylation is 2. The van der Waals surface area contributed by atoms with E-state index in [9.17, 15) is 14.7 Å². The van der Waals surface area contributed by atoms with Crippen LogP contribution >= 0.6 is 23.2 Å². The fraction of sp³-hybridized carbons (Fsp3) is 0.278. The van der Waals surface area contributed by atoms with Crippen LogP contribution in [0.15, 0.2) is 18.2 Å². The van der Waals surface area contributed by atoms with Crippen LogP contribution in [0.4, 0.5) is 0 Å². The SMILES string of the molecule is CCCOC(=O)c1c(C)nc(C)c(C(=O)O)c1-c1cccc(Cl)c1Cl. The number of carboxylic acids is 1. The molecule has 5 nitrogen and oxygen atoms in total. The number of hydrogen-bond acceptors (Lipinski definition) is 4. The first-order valence-electron chi connectivity index (χ1n) is 7.65. The molecule has 1 aromatic heterocycles. The normalized spacial score (nSPS) is 10.6. The number of aromatic carboxylic acids is 1. The van der Waals surface area contributed by atoms with Crippen molar-refractivity contribution in [3.05, 3.63) is 50.8 Å². The number of carboxylic acid groups (broad SMARTS) is 1. The standard InChI is InChI=1S/C18H17Cl2NO4/c1-4-8-25-18(24)14-10(3)21-9(2)13(17(22)23)15(14)11-6-5-7-12(19)16(11)20/h5-7H,4,8H2,1-3H3,(H,22,23). The Morgan fingerprint density at radius 2 is 1.80 bits per heavy atom. The molecule has 1 heterocycles. The summed E-state index contributed by atoms with van der Waals surface area (Å²) in [6.07, 6.45) is 0.642. The number of nitrogens with zero attached hydrogens (tertiary/aromatic N) is 1. The predicted molar refractivity (Wildman–Crippen MR) is 96.7 cm³/mol. The average molecular weight is 382 g/mol. The molecule has 25 heavy (non-hydrogen) atoms. The van der Waals surface area contributed by atoms with Gasteiger partial charge in [0, 0.05) is 11.1 Å². The quantitative estimate of drug-likeness (QED) is 0.742. The highest BCUT2D eigenvalue weighted by Gasteiger charge is 2.28. The van der Waals surface area contributed by atoms with E-state index >= 15 is 0 Å². The van der Waals surface area contributed by atoms with E-state index in [1.165, 1.54) is 0 Å². The van der Waals surface area contributed by atoms with Crippen molar-refractivity contribution in [2.45, 2.75) is 27.2 Å². The van der Waals surface area contributed by atoms with Gasteiger partial charge in [0.15, 0.2) is 0 Å². The zero-order chi connectivity index (χ0) is 18.7. The second-order valence-electron chi connectivity index (χ2n) is 5.45. The molecule has 0 aliphatic heterocycles. The molecule has 132 valence electrons. The summed E-state index contributed by atoms with van der Waals surface area (Å²) in [5, 5.41) is 10.1. The molecule has 7 heteroatoms. The maximum atomic E-state index is 12.6. The molecule has 0 spiro atoms. The first kappa shape index (κ1) is 19.2. The lowest BCUT2D eigenvalue weighted by Crippen LogP contribution is -2.16. The Morgan fingerprint density at radius 1 is 1.16 bits per heavy atom. The molecular weight excluding hydrogens is 365 g/mol. The summed E-state index contributed by atoms with van der Waals surface area (Å²) in [7, 11) is 0. The Hall–Kier alpha value is -2.11. The van der Waals surface area contributed by atoms with Crippen molar-refractivity contribution < 1.29 is 19.4 Å². The van der Waals surface area contributed by atoms with Crippen LogP contribution in [-0.4, -0.2) is 28.6 Å². The third kappa shape index (κ3) is 3.78. The monoisotopic (exact) mass is 381 g/mol. The molecule has 2 rings (SSSR count). The van der Waals surface area contributed by atoms with E-state index in [2.05, 4.69) is 4.98 Å². The maximum Gasteiger partial charge on any atom is 0.340 e. The molecular formula is C18H17Cl2NO4. The van der Waals surface area contributed by atoms with Crippen molar-refractivity contribution in [2.75, 3.05) is 6.61 Å². The van der Waals surface area contributed by atoms with Gasteiger partial charge >= 0.3 is 11.9 Å². The highest BCUT2D eigenvalue weighted by molar-refractivity contribution is 6.44. The van der Waals surface area contributed by atoms with Crippen molar-refractivity contribution in [1.29, 1.82) is 0 Å². The van der Waals surface area contributed by atoms with E-state index in [4.69, 9.17) is 27.9 Å². The minimum atomic E-state index is -1.21. The van der Waals surface area contributed by atoms with Crippen LogP contribution in [0.25, 0.3) is 11.1 Å². The Bertz CT molecular complexity index is 849. The van der Waals surface area contributed by atoms with Crippen molar-refractivity contribution in [1.82, 2.24) is 4.98 Å². The fourth-order valence-electron chi connectivity index (χ4n) is 2.59. The van der Waals surface area contributed by atoms with Gasteiger partial charge in [0.25, 0.3) is 0 Å². The number of pyridine rings is 1. The van der Waals surface area contributed by atoms with Crippen LogP contribution in [-0.2, 0) is 4.74 Å². The van der Waals surface area contributed by atoms with Crippen LogP contribution in [0.1, 0.15) is 45.4 Å². The van der Waals surface area contributed by atoms with Crippen LogP contribution in [0.3, 0.4) is 0 Å². The van der Waals surface area contributed by atoms with Gasteiger partial charge in [0.05, 0.1) is 39.2 Å². The van der Waals surface area contributed by atoms with Gasteiger partial charge in [-0.3, -0.25) is 4.98 Å². The molecule has 0 aliphatic carbocycles. The smallest absolute Gasteiger partial charge is 0.340 e. The van der Waals surface area contributed by atoms with Gasteiger partial charge in [-0.1, -0.05) is 42.3 Å². The topological polar surface area (TPSA) is 76.5 Å². The Balaban J connectivity index is 2.88. The minimum absolute atomic E-state index is 0.0839. The molecule has 0 aliphatic rings. The molecule has 0 amide bonds. The third-order valence-corrected chi connectivity index (χ3v) is 4.45. The molecule has 0 bridgehead atoms. The van der Waals surface area contributed by atoms with Crippen molar-refractivity contribution >= 4 is 35.1 Å². The summed E-state index contributed by atoms with van der Waals surface area (Å²) >= 11 is 12.4. The summed E-state index contributed by atoms with van der Waals surface area (Å²) < 4.78 is 5.22. The number of rotatable bonds is 5. The summed E-state index contributed by atoms with van der Waals surface area (Å²) in [4.78, 5) is 28.6. The minimum Gasteiger partial charge on any atom is -0.478 e. The first-order valence-corrected chi connectivity index (χ1v) is 8.41. The Kier molecular flexibility index (Phi) is 6.03. The van der Waals surface area contributed by atoms with Crippen molar-refractivity contribution in [3.8, 4) is 11.1 Å². The van der Waals surface area contributed by atoms with Gasteiger partial charge in [-0.2, -0.15) is 0 Å². The predicted octanol–water partition coefficient (Wildman–Crippen LogP) is 4.94. The second-order valence-corrected chi connectivity index (χ2v) is 6.24. The van der Waals surface area contributed by atoms with E-state index in [0.717, 1.165) is 0 Å². The summed E-state index contributed by atoms with van der Waals surface area (Å²) in [6.45, 7) is 5.28. The molecule has 0 atom stereocenters. The number of aromatic nitrogens is 1. The largest absolute Gasteiger partial charge is 0.478 e. The maximum absolute atomic E-state index is 12.6. The number of carbonyl (C=O) groups is 2. The molecule has 0 unspecified atom stereocenters. The molecule has 0 radical (unpaired) electrons. The van der Waals surface area contributed by atoms with Crippen molar-refractivity contribution in [3.63, 3.8) is 0 Å². The second kappa shape index (κ2) is 7.85. The van der Waals surface area contributed by atoms with E-state index < -0.39 is 11.9 Å². The van der Waals surface area contributed by atoms with Gasteiger partial charge in [0.1, 0.15) is 0 Å². The molecule has 1 N–H and O–H groups in total. The summed E-state index contributed by atoms with van der Waals surface area (Å²) in [5.41, 5.74) is 1.16. The lowest BCUT2D eigenvalue weighted by atomic mass is 9.92. The molecule has 0 fully saturated rings. The Morgan fingerprint density at radius 3 is 2.40 bits per heavy atom. The summed E-state index contributed by atoms with van der Waals surface area (Å²) in [6, 6.07) is 4.84. The summed E-state index contributed by atoms with van der Waals surface area (Å²) in [5.74, 6) is -1.85. The van der Waals surface area contributed by atoms with E-state index in [1.807, 2.05) is 6.92 Å². The van der Waals surface area contributed by atoms with Gasteiger partial charge in [-0.05, 0) is 26.3 Å². The number of benzene rings is 1. The lowest BCUT2D eigenvalue weighted by Gasteiger charge is -2.17. The zero-order valence-electron chi connectivity index (χ0n) is 14.0. The molecule has 0 saturated carbocycles. The number of ether oxygens (including phenoxy) is 1. The zero-order valence-corrected chi connectivity index (χ0v) is 15.5. The number of halogens is 2. The fourth-order valence-corrected chi connectivity index (χ4v) is 2.99. The van der Waals surface area contributed by atoms with E-state index in [-0.39, 0.29) is 39.0 Å². The van der Waals surface area contributed by atoms with Gasteiger partial charge in [0.2, 0.25) is 0 Å². The van der Waals surface area contributed by atoms with Crippen LogP contribution in [0.5, 0.6) is 0 Å². The average Bonchev–Trinajstić information content (AvgIpc) is 2.54. The van der Waals surface area contributed by atoms with Gasteiger partial charge in [-0.15, -0.1) is 0 Å². The van der Waals surface area contributed by atoms with Gasteiger partial charge in [-0.25, -0.2) is 9.59 Å². The van der Waals surface area contributed by atoms with E-state index in [0.29, 0.717) is 17.7 Å². The molecule has 0 saturated heterocycles. The lowest BCUT2D eigenvalue weighted by molar-refractivity contribution is 0.0504. The number of hydrogen-bond donors (Lipinski definition) is 1. The van der Waals surface area contributed by atoms with Gasteiger partial charge < -0.3 is 9.84 Å². The third-order valence-electron chi connectivity index (χ3n) is 3.64.